The number of hydrogen-bond acceptors (Lipinski definition) is 1. The minimum atomic E-state index is 0.984. The van der Waals surface area contributed by atoms with E-state index < -0.39 is 0 Å². The molecule has 0 unspecified atom stereocenters. The van der Waals surface area contributed by atoms with E-state index in [0.717, 1.165) is 27.9 Å². The van der Waals surface area contributed by atoms with Crippen molar-refractivity contribution < 1.29 is 0 Å². The summed E-state index contributed by atoms with van der Waals surface area (Å²) in [4.78, 5) is 4.78. The van der Waals surface area contributed by atoms with Crippen molar-refractivity contribution in [1.29, 1.82) is 0 Å². The molecule has 0 bridgehead atoms. The van der Waals surface area contributed by atoms with Crippen molar-refractivity contribution >= 4 is 70.9 Å². The number of hydrogen-bond donors (Lipinski definition) is 0. The molecule has 200 valence electrons. The van der Waals surface area contributed by atoms with Gasteiger partial charge in [0.1, 0.15) is 5.65 Å². The van der Waals surface area contributed by atoms with E-state index in [4.69, 9.17) is 4.98 Å². The first-order valence-corrected chi connectivity index (χ1v) is 14.7. The van der Waals surface area contributed by atoms with Crippen LogP contribution in [-0.2, 0) is 0 Å². The summed E-state index contributed by atoms with van der Waals surface area (Å²) in [5.74, 6) is 0. The largest absolute Gasteiger partial charge is 0.309 e. The smallest absolute Gasteiger partial charge is 0.145 e. The lowest BCUT2D eigenvalue weighted by molar-refractivity contribution is 1.17. The average Bonchev–Trinajstić information content (AvgIpc) is 3.78. The number of aromatic nitrogens is 4. The topological polar surface area (TPSA) is 27.2 Å². The predicted octanol–water partition coefficient (Wildman–Crippen LogP) is 9.83. The zero-order valence-corrected chi connectivity index (χ0v) is 23.1. The maximum Gasteiger partial charge on any atom is 0.145 e. The predicted molar refractivity (Wildman–Crippen MR) is 179 cm³/mol. The van der Waals surface area contributed by atoms with E-state index >= 15 is 0 Å². The summed E-state index contributed by atoms with van der Waals surface area (Å²) >= 11 is 0. The summed E-state index contributed by atoms with van der Waals surface area (Å²) < 4.78 is 7.14. The van der Waals surface area contributed by atoms with Crippen molar-refractivity contribution in [2.45, 2.75) is 0 Å². The summed E-state index contributed by atoms with van der Waals surface area (Å²) in [6.45, 7) is 0. The highest BCUT2D eigenvalue weighted by atomic mass is 15.0. The Labute approximate surface area is 246 Å². The van der Waals surface area contributed by atoms with Crippen LogP contribution in [0.25, 0.3) is 82.3 Å². The molecular formula is C39H24N4. The molecule has 0 saturated carbocycles. The first kappa shape index (κ1) is 22.8. The number of rotatable bonds is 2. The van der Waals surface area contributed by atoms with Gasteiger partial charge in [0.05, 0.1) is 27.6 Å². The third kappa shape index (κ3) is 2.92. The second-order valence-electron chi connectivity index (χ2n) is 11.2. The second-order valence-corrected chi connectivity index (χ2v) is 11.2. The molecule has 4 heterocycles. The third-order valence-electron chi connectivity index (χ3n) is 9.07. The number of nitrogens with zero attached hydrogens (tertiary/aromatic N) is 4. The highest BCUT2D eigenvalue weighted by Gasteiger charge is 2.23. The molecule has 0 aliphatic heterocycles. The van der Waals surface area contributed by atoms with E-state index in [1.807, 2.05) is 6.20 Å². The third-order valence-corrected chi connectivity index (χ3v) is 9.07. The summed E-state index contributed by atoms with van der Waals surface area (Å²) in [6.07, 6.45) is 3.99. The molecule has 43 heavy (non-hydrogen) atoms. The Morgan fingerprint density at radius 1 is 0.395 bits per heavy atom. The van der Waals surface area contributed by atoms with Crippen molar-refractivity contribution in [3.05, 3.63) is 146 Å². The van der Waals surface area contributed by atoms with Crippen LogP contribution in [0.3, 0.4) is 0 Å². The van der Waals surface area contributed by atoms with Gasteiger partial charge in [-0.1, -0.05) is 84.9 Å². The van der Waals surface area contributed by atoms with Gasteiger partial charge >= 0.3 is 0 Å². The van der Waals surface area contributed by atoms with Gasteiger partial charge in [-0.15, -0.1) is 0 Å². The maximum absolute atomic E-state index is 4.78. The molecule has 0 aliphatic carbocycles. The summed E-state index contributed by atoms with van der Waals surface area (Å²) in [7, 11) is 0. The van der Waals surface area contributed by atoms with Crippen LogP contribution in [0, 0.1) is 0 Å². The molecule has 0 N–H and O–H groups in total. The molecule has 4 aromatic heterocycles. The van der Waals surface area contributed by atoms with Gasteiger partial charge in [0, 0.05) is 56.1 Å². The molecule has 0 fully saturated rings. The van der Waals surface area contributed by atoms with Crippen molar-refractivity contribution in [2.75, 3.05) is 0 Å². The lowest BCUT2D eigenvalue weighted by atomic mass is 9.99. The summed E-state index contributed by atoms with van der Waals surface area (Å²) in [5.41, 5.74) is 9.26. The Balaban J connectivity index is 1.57. The monoisotopic (exact) mass is 548 g/mol. The van der Waals surface area contributed by atoms with Crippen LogP contribution in [0.2, 0.25) is 0 Å². The van der Waals surface area contributed by atoms with Crippen LogP contribution in [-0.4, -0.2) is 18.5 Å². The number of imidazole rings is 1. The molecule has 0 spiro atoms. The Morgan fingerprint density at radius 2 is 1.00 bits per heavy atom. The second kappa shape index (κ2) is 8.34. The standard InChI is InChI=1S/C39H24N4/c1-3-11-25(12-4-1)42-33-22-21-32-35(28-16-7-8-17-30(28)39-40-23-24-41(32)39)36(33)37-34(42)20-19-29-27-15-9-10-18-31(27)43(38(29)37)26-13-5-2-6-14-26/h1-24H. The molecule has 0 radical (unpaired) electrons. The van der Waals surface area contributed by atoms with Gasteiger partial charge in [0.15, 0.2) is 0 Å². The lowest BCUT2D eigenvalue weighted by Crippen LogP contribution is -1.95. The normalized spacial score (nSPS) is 12.2. The van der Waals surface area contributed by atoms with Crippen molar-refractivity contribution in [1.82, 2.24) is 18.5 Å². The van der Waals surface area contributed by atoms with Gasteiger partial charge < -0.3 is 9.13 Å². The Morgan fingerprint density at radius 3 is 1.79 bits per heavy atom. The molecular weight excluding hydrogens is 524 g/mol. The van der Waals surface area contributed by atoms with E-state index in [1.54, 1.807) is 0 Å². The Bertz CT molecular complexity index is 2710. The van der Waals surface area contributed by atoms with Crippen molar-refractivity contribution in [3.63, 3.8) is 0 Å². The molecule has 6 aromatic carbocycles. The zero-order chi connectivity index (χ0) is 28.1. The fraction of sp³-hybridized carbons (Fsp3) is 0. The van der Waals surface area contributed by atoms with Crippen LogP contribution in [0.5, 0.6) is 0 Å². The molecule has 0 saturated heterocycles. The molecule has 10 rings (SSSR count). The Hall–Kier alpha value is -5.87. The fourth-order valence-electron chi connectivity index (χ4n) is 7.40. The first-order chi connectivity index (χ1) is 21.4. The van der Waals surface area contributed by atoms with E-state index in [0.29, 0.717) is 0 Å². The SMILES string of the molecule is c1ccc(-n2c3ccc4c(c5ccccc5c5nccn45)c3c3c2ccc2c4ccccc4n(-c4ccccc4)c23)cc1. The highest BCUT2D eigenvalue weighted by Crippen LogP contribution is 2.45. The van der Waals surface area contributed by atoms with Crippen LogP contribution in [0.1, 0.15) is 0 Å². The first-order valence-electron chi connectivity index (χ1n) is 14.7. The van der Waals surface area contributed by atoms with E-state index in [1.165, 1.54) is 54.4 Å². The molecule has 0 amide bonds. The van der Waals surface area contributed by atoms with Gasteiger partial charge in [0.2, 0.25) is 0 Å². The molecule has 10 aromatic rings. The van der Waals surface area contributed by atoms with Crippen LogP contribution in [0.15, 0.2) is 146 Å². The van der Waals surface area contributed by atoms with Gasteiger partial charge in [-0.05, 0) is 53.9 Å². The lowest BCUT2D eigenvalue weighted by Gasteiger charge is -2.11. The van der Waals surface area contributed by atoms with Crippen molar-refractivity contribution in [3.8, 4) is 11.4 Å². The van der Waals surface area contributed by atoms with Crippen molar-refractivity contribution in [2.24, 2.45) is 0 Å². The quantitative estimate of drug-likeness (QED) is 0.198. The fourth-order valence-corrected chi connectivity index (χ4v) is 7.40. The molecule has 0 aliphatic rings. The number of pyridine rings is 1. The van der Waals surface area contributed by atoms with Gasteiger partial charge in [-0.25, -0.2) is 4.98 Å². The van der Waals surface area contributed by atoms with Crippen LogP contribution < -0.4 is 0 Å². The van der Waals surface area contributed by atoms with Crippen LogP contribution >= 0.6 is 0 Å². The van der Waals surface area contributed by atoms with Gasteiger partial charge in [-0.3, -0.25) is 4.40 Å². The maximum atomic E-state index is 4.78. The van der Waals surface area contributed by atoms with E-state index in [2.05, 4.69) is 153 Å². The number of benzene rings is 6. The molecule has 4 heteroatoms. The molecule has 0 atom stereocenters. The Kier molecular flexibility index (Phi) is 4.42. The number of fused-ring (bicyclic) bond motifs is 14. The van der Waals surface area contributed by atoms with Gasteiger partial charge in [-0.2, -0.15) is 0 Å². The van der Waals surface area contributed by atoms with Crippen LogP contribution in [0.4, 0.5) is 0 Å². The summed E-state index contributed by atoms with van der Waals surface area (Å²) in [6, 6.07) is 48.2. The van der Waals surface area contributed by atoms with Gasteiger partial charge in [0.25, 0.3) is 0 Å². The minimum absolute atomic E-state index is 0.984. The summed E-state index contributed by atoms with van der Waals surface area (Å²) in [5, 5.41) is 8.64. The van der Waals surface area contributed by atoms with E-state index in [9.17, 15) is 0 Å². The highest BCUT2D eigenvalue weighted by molar-refractivity contribution is 6.34. The zero-order valence-electron chi connectivity index (χ0n) is 23.1. The minimum Gasteiger partial charge on any atom is -0.309 e. The van der Waals surface area contributed by atoms with E-state index in [-0.39, 0.29) is 0 Å². The number of para-hydroxylation sites is 3. The molecule has 4 nitrogen and oxygen atoms in total. The average molecular weight is 549 g/mol.